The van der Waals surface area contributed by atoms with Crippen LogP contribution in [0.1, 0.15) is 42.0 Å². The summed E-state index contributed by atoms with van der Waals surface area (Å²) >= 11 is 1.80. The Bertz CT molecular complexity index is 378. The molecule has 3 nitrogen and oxygen atoms in total. The van der Waals surface area contributed by atoms with Crippen molar-refractivity contribution >= 4 is 11.3 Å². The second-order valence-electron chi connectivity index (χ2n) is 5.81. The summed E-state index contributed by atoms with van der Waals surface area (Å²) in [4.78, 5) is 5.69. The maximum Gasteiger partial charge on any atom is 0.107 e. The standard InChI is InChI=1S/C14H23N3S/c1-10-8-16-14(18-10)9-15-5-4-11-6-12-2-3-13(7-11)17-12/h8,11-13,15,17H,2-7,9H2,1H3. The molecule has 1 aromatic heterocycles. The second-order valence-corrected chi connectivity index (χ2v) is 7.12. The summed E-state index contributed by atoms with van der Waals surface area (Å²) in [6, 6.07) is 1.66. The van der Waals surface area contributed by atoms with E-state index in [0.717, 1.165) is 31.1 Å². The van der Waals surface area contributed by atoms with Crippen LogP contribution < -0.4 is 10.6 Å². The molecule has 3 heterocycles. The molecule has 2 aliphatic rings. The van der Waals surface area contributed by atoms with Crippen LogP contribution in [0.4, 0.5) is 0 Å². The third-order valence-corrected chi connectivity index (χ3v) is 5.16. The predicted octanol–water partition coefficient (Wildman–Crippen LogP) is 2.46. The van der Waals surface area contributed by atoms with E-state index in [0.29, 0.717) is 0 Å². The first-order valence-corrected chi connectivity index (χ1v) is 7.99. The zero-order valence-electron chi connectivity index (χ0n) is 11.1. The number of piperidine rings is 1. The Morgan fingerprint density at radius 1 is 1.39 bits per heavy atom. The Hall–Kier alpha value is -0.450. The van der Waals surface area contributed by atoms with Crippen LogP contribution in [0.25, 0.3) is 0 Å². The smallest absolute Gasteiger partial charge is 0.107 e. The van der Waals surface area contributed by atoms with Gasteiger partial charge >= 0.3 is 0 Å². The predicted molar refractivity (Wildman–Crippen MR) is 75.8 cm³/mol. The highest BCUT2D eigenvalue weighted by molar-refractivity contribution is 7.11. The molecule has 0 aromatic carbocycles. The minimum absolute atomic E-state index is 0.829. The third kappa shape index (κ3) is 3.11. The molecule has 18 heavy (non-hydrogen) atoms. The zero-order valence-corrected chi connectivity index (χ0v) is 11.9. The van der Waals surface area contributed by atoms with Gasteiger partial charge in [0.2, 0.25) is 0 Å². The van der Waals surface area contributed by atoms with E-state index >= 15 is 0 Å². The summed E-state index contributed by atoms with van der Waals surface area (Å²) < 4.78 is 0. The van der Waals surface area contributed by atoms with Gasteiger partial charge < -0.3 is 10.6 Å². The number of hydrogen-bond acceptors (Lipinski definition) is 4. The van der Waals surface area contributed by atoms with Gasteiger partial charge in [0.15, 0.2) is 0 Å². The largest absolute Gasteiger partial charge is 0.311 e. The van der Waals surface area contributed by atoms with Gasteiger partial charge in [0.25, 0.3) is 0 Å². The quantitative estimate of drug-likeness (QED) is 0.803. The van der Waals surface area contributed by atoms with E-state index in [9.17, 15) is 0 Å². The van der Waals surface area contributed by atoms with Crippen LogP contribution in [0, 0.1) is 12.8 Å². The SMILES string of the molecule is Cc1cnc(CNCCC2CC3CCC(C2)N3)s1. The van der Waals surface area contributed by atoms with Crippen LogP contribution in [0.3, 0.4) is 0 Å². The highest BCUT2D eigenvalue weighted by Crippen LogP contribution is 2.32. The molecule has 2 fully saturated rings. The van der Waals surface area contributed by atoms with E-state index < -0.39 is 0 Å². The maximum absolute atomic E-state index is 4.38. The first-order valence-electron chi connectivity index (χ1n) is 7.17. The summed E-state index contributed by atoms with van der Waals surface area (Å²) in [6.07, 6.45) is 8.91. The molecule has 0 saturated carbocycles. The minimum Gasteiger partial charge on any atom is -0.311 e. The fraction of sp³-hybridized carbons (Fsp3) is 0.786. The number of aryl methyl sites for hydroxylation is 1. The fourth-order valence-corrected chi connectivity index (χ4v) is 4.15. The van der Waals surface area contributed by atoms with E-state index in [1.807, 2.05) is 6.20 Å². The molecular weight excluding hydrogens is 242 g/mol. The molecule has 2 aliphatic heterocycles. The summed E-state index contributed by atoms with van der Waals surface area (Å²) in [5.41, 5.74) is 0. The molecule has 0 radical (unpaired) electrons. The van der Waals surface area contributed by atoms with Crippen molar-refractivity contribution in [2.24, 2.45) is 5.92 Å². The average Bonchev–Trinajstić information content (AvgIpc) is 2.91. The number of thiazole rings is 1. The van der Waals surface area contributed by atoms with Gasteiger partial charge in [0.1, 0.15) is 5.01 Å². The molecule has 2 bridgehead atoms. The molecule has 100 valence electrons. The van der Waals surface area contributed by atoms with E-state index in [1.165, 1.54) is 42.0 Å². The van der Waals surface area contributed by atoms with E-state index in [4.69, 9.17) is 0 Å². The van der Waals surface area contributed by atoms with Gasteiger partial charge in [-0.05, 0) is 51.5 Å². The van der Waals surface area contributed by atoms with Crippen LogP contribution in [-0.2, 0) is 6.54 Å². The number of nitrogens with zero attached hydrogens (tertiary/aromatic N) is 1. The van der Waals surface area contributed by atoms with Gasteiger partial charge in [-0.3, -0.25) is 0 Å². The first kappa shape index (κ1) is 12.6. The molecule has 0 aliphatic carbocycles. The van der Waals surface area contributed by atoms with Gasteiger partial charge in [-0.25, -0.2) is 4.98 Å². The van der Waals surface area contributed by atoms with Crippen molar-refractivity contribution < 1.29 is 0 Å². The molecule has 2 atom stereocenters. The van der Waals surface area contributed by atoms with E-state index in [2.05, 4.69) is 22.5 Å². The lowest BCUT2D eigenvalue weighted by atomic mass is 9.90. The van der Waals surface area contributed by atoms with Crippen LogP contribution in [0.2, 0.25) is 0 Å². The van der Waals surface area contributed by atoms with Gasteiger partial charge in [-0.2, -0.15) is 0 Å². The molecular formula is C14H23N3S. The van der Waals surface area contributed by atoms with Crippen molar-refractivity contribution in [3.63, 3.8) is 0 Å². The Kier molecular flexibility index (Phi) is 3.97. The van der Waals surface area contributed by atoms with Crippen LogP contribution >= 0.6 is 11.3 Å². The Balaban J connectivity index is 1.35. The van der Waals surface area contributed by atoms with Crippen molar-refractivity contribution in [3.8, 4) is 0 Å². The first-order chi connectivity index (χ1) is 8.79. The number of nitrogens with one attached hydrogen (secondary N) is 2. The summed E-state index contributed by atoms with van der Waals surface area (Å²) in [6.45, 7) is 4.20. The number of aromatic nitrogens is 1. The second kappa shape index (κ2) is 5.68. The van der Waals surface area contributed by atoms with Crippen LogP contribution in [0.15, 0.2) is 6.20 Å². The Morgan fingerprint density at radius 2 is 2.17 bits per heavy atom. The van der Waals surface area contributed by atoms with Crippen molar-refractivity contribution in [1.29, 1.82) is 0 Å². The van der Waals surface area contributed by atoms with Crippen molar-refractivity contribution in [1.82, 2.24) is 15.6 Å². The third-order valence-electron chi connectivity index (χ3n) is 4.25. The lowest BCUT2D eigenvalue weighted by molar-refractivity contribution is 0.283. The molecule has 2 N–H and O–H groups in total. The fourth-order valence-electron chi connectivity index (χ4n) is 3.40. The topological polar surface area (TPSA) is 37.0 Å². The molecule has 4 heteroatoms. The average molecular weight is 265 g/mol. The van der Waals surface area contributed by atoms with Crippen LogP contribution in [-0.4, -0.2) is 23.6 Å². The van der Waals surface area contributed by atoms with E-state index in [1.54, 1.807) is 11.3 Å². The molecule has 3 rings (SSSR count). The van der Waals surface area contributed by atoms with Gasteiger partial charge in [-0.1, -0.05) is 0 Å². The van der Waals surface area contributed by atoms with Gasteiger partial charge in [0.05, 0.1) is 0 Å². The van der Waals surface area contributed by atoms with Crippen molar-refractivity contribution in [2.45, 2.75) is 57.7 Å². The zero-order chi connectivity index (χ0) is 12.4. The summed E-state index contributed by atoms with van der Waals surface area (Å²) in [5.74, 6) is 0.939. The summed E-state index contributed by atoms with van der Waals surface area (Å²) in [5, 5.41) is 8.47. The number of hydrogen-bond donors (Lipinski definition) is 2. The van der Waals surface area contributed by atoms with Crippen molar-refractivity contribution in [3.05, 3.63) is 16.1 Å². The van der Waals surface area contributed by atoms with Crippen LogP contribution in [0.5, 0.6) is 0 Å². The monoisotopic (exact) mass is 265 g/mol. The highest BCUT2D eigenvalue weighted by atomic mass is 32.1. The molecule has 0 amide bonds. The molecule has 0 spiro atoms. The Morgan fingerprint density at radius 3 is 2.83 bits per heavy atom. The number of fused-ring (bicyclic) bond motifs is 2. The molecule has 1 aromatic rings. The lowest BCUT2D eigenvalue weighted by Crippen LogP contribution is -2.38. The Labute approximate surface area is 113 Å². The minimum atomic E-state index is 0.829. The maximum atomic E-state index is 4.38. The highest BCUT2D eigenvalue weighted by Gasteiger charge is 2.32. The lowest BCUT2D eigenvalue weighted by Gasteiger charge is -2.29. The normalized spacial score (nSPS) is 30.8. The summed E-state index contributed by atoms with van der Waals surface area (Å²) in [7, 11) is 0. The molecule has 2 saturated heterocycles. The van der Waals surface area contributed by atoms with Gasteiger partial charge in [0, 0.05) is 29.7 Å². The van der Waals surface area contributed by atoms with Crippen molar-refractivity contribution in [2.75, 3.05) is 6.54 Å². The van der Waals surface area contributed by atoms with Gasteiger partial charge in [-0.15, -0.1) is 11.3 Å². The molecule has 2 unspecified atom stereocenters. The number of rotatable bonds is 5. The van der Waals surface area contributed by atoms with E-state index in [-0.39, 0.29) is 0 Å².